The Hall–Kier alpha value is -8.21. The zero-order chi connectivity index (χ0) is 64.1. The number of primary amides is 1. The highest BCUT2D eigenvalue weighted by atomic mass is 16.5. The summed E-state index contributed by atoms with van der Waals surface area (Å²) >= 11 is 0. The van der Waals surface area contributed by atoms with Crippen LogP contribution in [0, 0.1) is 19.8 Å². The van der Waals surface area contributed by atoms with E-state index in [1.165, 1.54) is 22.4 Å². The second kappa shape index (κ2) is 33.4. The van der Waals surface area contributed by atoms with Gasteiger partial charge in [-0.3, -0.25) is 28.8 Å². The molecule has 4 fully saturated rings. The minimum absolute atomic E-state index is 0.133. The molecule has 21 heteroatoms. The van der Waals surface area contributed by atoms with Crippen molar-refractivity contribution in [2.45, 2.75) is 143 Å². The molecule has 3 atom stereocenters. The highest BCUT2D eigenvalue weighted by Crippen LogP contribution is 2.52. The van der Waals surface area contributed by atoms with Gasteiger partial charge in [-0.1, -0.05) is 70.2 Å². The molecule has 1 saturated carbocycles. The zero-order valence-electron chi connectivity index (χ0n) is 53.5. The fourth-order valence-corrected chi connectivity index (χ4v) is 11.8. The quantitative estimate of drug-likeness (QED) is 0.0418. The molecule has 4 aromatic heterocycles. The minimum atomic E-state index is -0.671. The van der Waals surface area contributed by atoms with Gasteiger partial charge in [0.05, 0.1) is 23.4 Å². The van der Waals surface area contributed by atoms with Crippen LogP contribution in [0.2, 0.25) is 0 Å². The highest BCUT2D eigenvalue weighted by Gasteiger charge is 2.37. The Morgan fingerprint density at radius 1 is 0.888 bits per heavy atom. The van der Waals surface area contributed by atoms with Crippen molar-refractivity contribution in [2.75, 3.05) is 59.4 Å². The van der Waals surface area contributed by atoms with Crippen LogP contribution in [0.25, 0.3) is 55.3 Å². The summed E-state index contributed by atoms with van der Waals surface area (Å²) in [5.41, 5.74) is 23.9. The van der Waals surface area contributed by atoms with Gasteiger partial charge < -0.3 is 51.7 Å². The number of anilines is 1. The molecule has 2 amide bonds. The van der Waals surface area contributed by atoms with E-state index in [4.69, 9.17) is 35.1 Å². The Morgan fingerprint density at radius 3 is 2.24 bits per heavy atom. The Labute approximate surface area is 523 Å². The SMILES string of the molecule is CC.CCn1nccc1-c1ccc(CNC)cc1.CNc1cc(COc2c(-c3c(C)ccc4[nH]ncc34)c(C3CC3)cc3c(C)nc(C4CCOCC4)nc23)ccc1-c1cn(C(C(=O)N2CCCC2C=O)C(C)C)nc1C=O.CO.NC1CCNC1.NC=O. The summed E-state index contributed by atoms with van der Waals surface area (Å²) in [6, 6.07) is 22.5. The molecule has 89 heavy (non-hydrogen) atoms. The molecule has 476 valence electrons. The van der Waals surface area contributed by atoms with E-state index in [9.17, 15) is 14.4 Å². The van der Waals surface area contributed by atoms with E-state index in [-0.39, 0.29) is 36.5 Å². The van der Waals surface area contributed by atoms with E-state index in [2.05, 4.69) is 111 Å². The van der Waals surface area contributed by atoms with Crippen LogP contribution in [0.3, 0.4) is 0 Å². The molecule has 4 aromatic carbocycles. The number of aromatic nitrogens is 8. The topological polar surface area (TPSA) is 288 Å². The number of aromatic amines is 1. The van der Waals surface area contributed by atoms with Crippen LogP contribution in [0.4, 0.5) is 5.69 Å². The number of nitrogens with two attached hydrogens (primary N) is 2. The standard InChI is InChI=1S/C47H52N8O5.C13H17N3.C4H10N2.C2H6.CH3NO.CH4O/c1-26(2)44(47(58)54-16-6-7-32(54)23-56)55-22-37(40(24-57)53-55)33-12-9-29(19-39(33)48-5)25-60-45-42(41-27(3)8-13-38-36(41)21-49-52-38)35(30-10-11-30)20-34-28(4)50-46(51-43(34)45)31-14-17-59-18-15-31;1-3-16-13(8-9-15-16)12-6-4-11(5-7-12)10-14-2;5-4-1-2-6-3-4;1-2;2-1-3;1-2/h8-9,12-13,19-24,26,30-32,44,48H,6-7,10-11,14-18,25H2,1-5H3,(H,49,52);4-9,14H,3,10H2,1-2H3;4,6H,1-3,5H2;1-2H3;1H,(H2,2,3);2H,1H3. The first-order chi connectivity index (χ1) is 43.3. The van der Waals surface area contributed by atoms with Crippen LogP contribution < -0.4 is 32.2 Å². The van der Waals surface area contributed by atoms with Crippen molar-refractivity contribution in [3.8, 4) is 39.3 Å². The second-order valence-corrected chi connectivity index (χ2v) is 22.6. The third-order valence-electron chi connectivity index (χ3n) is 16.4. The number of benzene rings is 4. The number of hydrogen-bond donors (Lipinski definition) is 7. The van der Waals surface area contributed by atoms with Gasteiger partial charge in [-0.05, 0) is 149 Å². The van der Waals surface area contributed by atoms with Crippen molar-refractivity contribution in [3.05, 3.63) is 125 Å². The van der Waals surface area contributed by atoms with Gasteiger partial charge in [0, 0.05) is 117 Å². The maximum Gasteiger partial charge on any atom is 0.248 e. The number of aryl methyl sites for hydroxylation is 3. The fourth-order valence-electron chi connectivity index (χ4n) is 11.8. The number of aliphatic hydroxyl groups excluding tert-OH is 1. The molecule has 0 bridgehead atoms. The first kappa shape index (κ1) is 68.3. The van der Waals surface area contributed by atoms with E-state index in [0.717, 1.165) is 157 Å². The smallest absolute Gasteiger partial charge is 0.248 e. The molecule has 4 aliphatic rings. The number of amides is 2. The number of nitrogens with zero attached hydrogens (tertiary/aromatic N) is 8. The number of likely N-dealkylation sites (tertiary alicyclic amines) is 1. The van der Waals surface area contributed by atoms with Crippen LogP contribution in [-0.4, -0.2) is 141 Å². The van der Waals surface area contributed by atoms with E-state index in [1.807, 2.05) is 77.1 Å². The summed E-state index contributed by atoms with van der Waals surface area (Å²) in [6.07, 6.45) is 13.9. The summed E-state index contributed by atoms with van der Waals surface area (Å²) in [5.74, 6) is 1.88. The predicted molar refractivity (Wildman–Crippen MR) is 352 cm³/mol. The van der Waals surface area contributed by atoms with Gasteiger partial charge in [-0.25, -0.2) is 9.97 Å². The van der Waals surface area contributed by atoms with Crippen LogP contribution in [0.15, 0.2) is 85.3 Å². The first-order valence-electron chi connectivity index (χ1n) is 31.3. The zero-order valence-corrected chi connectivity index (χ0v) is 53.5. The minimum Gasteiger partial charge on any atom is -0.486 e. The number of ether oxygens (including phenoxy) is 2. The maximum atomic E-state index is 13.9. The van der Waals surface area contributed by atoms with Gasteiger partial charge >= 0.3 is 0 Å². The van der Waals surface area contributed by atoms with Gasteiger partial charge in [0.2, 0.25) is 12.3 Å². The molecular weight excluding hydrogens is 1120 g/mol. The maximum absolute atomic E-state index is 13.9. The average molecular weight is 1220 g/mol. The molecule has 7 heterocycles. The fraction of sp³-hybridized carbons (Fsp3) is 0.456. The lowest BCUT2D eigenvalue weighted by Gasteiger charge is -2.28. The summed E-state index contributed by atoms with van der Waals surface area (Å²) in [6.45, 7) is 20.3. The Balaban J connectivity index is 0.000000320. The van der Waals surface area contributed by atoms with Crippen molar-refractivity contribution < 1.29 is 33.8 Å². The number of aldehydes is 2. The third kappa shape index (κ3) is 16.4. The molecule has 21 nitrogen and oxygen atoms in total. The Morgan fingerprint density at radius 2 is 1.62 bits per heavy atom. The summed E-state index contributed by atoms with van der Waals surface area (Å²) in [7, 11) is 4.80. The van der Waals surface area contributed by atoms with Crippen molar-refractivity contribution in [1.82, 2.24) is 55.3 Å². The van der Waals surface area contributed by atoms with E-state index >= 15 is 0 Å². The van der Waals surface area contributed by atoms with Crippen LogP contribution in [0.1, 0.15) is 142 Å². The average Bonchev–Trinajstić information content (AvgIpc) is 1.76. The van der Waals surface area contributed by atoms with Gasteiger partial charge in [-0.15, -0.1) is 0 Å². The van der Waals surface area contributed by atoms with Crippen LogP contribution in [0.5, 0.6) is 5.75 Å². The summed E-state index contributed by atoms with van der Waals surface area (Å²) in [5, 5.41) is 35.2. The number of aliphatic hydroxyl groups is 1. The van der Waals surface area contributed by atoms with Crippen LogP contribution >= 0.6 is 0 Å². The van der Waals surface area contributed by atoms with Crippen molar-refractivity contribution >= 4 is 52.4 Å². The van der Waals surface area contributed by atoms with Gasteiger partial charge in [-0.2, -0.15) is 15.3 Å². The summed E-state index contributed by atoms with van der Waals surface area (Å²) < 4.78 is 16.4. The Kier molecular flexibility index (Phi) is 25.6. The lowest BCUT2D eigenvalue weighted by atomic mass is 9.88. The molecule has 1 aliphatic carbocycles. The highest BCUT2D eigenvalue weighted by molar-refractivity contribution is 6.04. The van der Waals surface area contributed by atoms with Gasteiger partial charge in [0.25, 0.3) is 0 Å². The number of fused-ring (bicyclic) bond motifs is 2. The van der Waals surface area contributed by atoms with Gasteiger partial charge in [0.15, 0.2) is 12.0 Å². The van der Waals surface area contributed by atoms with E-state index in [0.29, 0.717) is 43.7 Å². The molecule has 0 radical (unpaired) electrons. The third-order valence-corrected chi connectivity index (χ3v) is 16.4. The second-order valence-electron chi connectivity index (χ2n) is 22.6. The largest absolute Gasteiger partial charge is 0.486 e. The predicted octanol–water partition coefficient (Wildman–Crippen LogP) is 9.58. The molecule has 9 N–H and O–H groups in total. The molecule has 3 unspecified atom stereocenters. The number of nitrogens with one attached hydrogen (secondary N) is 4. The number of rotatable bonds is 17. The lowest BCUT2D eigenvalue weighted by molar-refractivity contribution is -0.139. The normalized spacial score (nSPS) is 16.5. The number of hydrogen-bond acceptors (Lipinski definition) is 16. The number of carbonyl (C=O) groups is 4. The van der Waals surface area contributed by atoms with Crippen molar-refractivity contribution in [1.29, 1.82) is 0 Å². The molecule has 12 rings (SSSR count). The van der Waals surface area contributed by atoms with Crippen molar-refractivity contribution in [3.63, 3.8) is 0 Å². The van der Waals surface area contributed by atoms with Gasteiger partial charge in [0.1, 0.15) is 36.0 Å². The van der Waals surface area contributed by atoms with E-state index < -0.39 is 12.1 Å². The molecule has 0 spiro atoms. The number of carbonyl (C=O) groups excluding carboxylic acids is 4. The Bertz CT molecular complexity index is 3580. The summed E-state index contributed by atoms with van der Waals surface area (Å²) in [4.78, 5) is 58.9. The molecule has 3 aliphatic heterocycles. The van der Waals surface area contributed by atoms with Crippen molar-refractivity contribution in [2.24, 2.45) is 17.4 Å². The van der Waals surface area contributed by atoms with Crippen LogP contribution in [-0.2, 0) is 38.8 Å². The molecule has 8 aromatic rings. The molecule has 3 saturated heterocycles. The number of H-pyrrole nitrogens is 1. The van der Waals surface area contributed by atoms with E-state index in [1.54, 1.807) is 15.8 Å². The lowest BCUT2D eigenvalue weighted by Crippen LogP contribution is -2.43. The molecular formula is C68H92N14O7. The first-order valence-corrected chi connectivity index (χ1v) is 31.3. The monoisotopic (exact) mass is 1220 g/mol.